The maximum Gasteiger partial charge on any atom is 0.327 e. The second kappa shape index (κ2) is 10.6. The van der Waals surface area contributed by atoms with Crippen LogP contribution in [0.3, 0.4) is 0 Å². The molecule has 4 atom stereocenters. The summed E-state index contributed by atoms with van der Waals surface area (Å²) in [6.07, 6.45) is 3.18. The summed E-state index contributed by atoms with van der Waals surface area (Å²) in [6.45, 7) is 0. The first-order chi connectivity index (χ1) is 18.4. The number of benzene rings is 2. The van der Waals surface area contributed by atoms with Gasteiger partial charge < -0.3 is 10.0 Å². The van der Waals surface area contributed by atoms with E-state index < -0.39 is 29.9 Å². The van der Waals surface area contributed by atoms with E-state index in [-0.39, 0.29) is 17.6 Å². The van der Waals surface area contributed by atoms with Crippen LogP contribution in [0.25, 0.3) is 0 Å². The van der Waals surface area contributed by atoms with Crippen molar-refractivity contribution in [3.05, 3.63) is 93.2 Å². The summed E-state index contributed by atoms with van der Waals surface area (Å²) in [5.41, 5.74) is 2.06. The zero-order valence-electron chi connectivity index (χ0n) is 20.5. The molecule has 0 radical (unpaired) electrons. The van der Waals surface area contributed by atoms with Crippen molar-refractivity contribution in [2.75, 3.05) is 0 Å². The molecule has 2 aromatic carbocycles. The molecule has 1 saturated heterocycles. The lowest BCUT2D eigenvalue weighted by atomic mass is 9.77. The number of carbonyl (C=O) groups excluding carboxylic acids is 2. The summed E-state index contributed by atoms with van der Waals surface area (Å²) in [7, 11) is 0. The fourth-order valence-electron chi connectivity index (χ4n) is 6.02. The van der Waals surface area contributed by atoms with Gasteiger partial charge in [0.1, 0.15) is 6.04 Å². The molecule has 4 unspecified atom stereocenters. The summed E-state index contributed by atoms with van der Waals surface area (Å²) < 4.78 is 0. The monoisotopic (exact) mass is 523 g/mol. The fourth-order valence-corrected chi connectivity index (χ4v) is 6.74. The number of likely N-dealkylation sites (tertiary alicyclic amines) is 1. The van der Waals surface area contributed by atoms with Crippen LogP contribution in [0.1, 0.15) is 69.6 Å². The third-order valence-corrected chi connectivity index (χ3v) is 8.64. The van der Waals surface area contributed by atoms with Gasteiger partial charge in [0, 0.05) is 11.8 Å². The van der Waals surface area contributed by atoms with E-state index in [9.17, 15) is 30.0 Å². The molecule has 0 bridgehead atoms. The zero-order chi connectivity index (χ0) is 26.8. The number of hydrogen-bond acceptors (Lipinski definition) is 6. The van der Waals surface area contributed by atoms with Crippen LogP contribution in [0.2, 0.25) is 0 Å². The van der Waals surface area contributed by atoms with Crippen molar-refractivity contribution in [3.8, 4) is 12.1 Å². The number of hydrogen-bond donors (Lipinski definition) is 1. The van der Waals surface area contributed by atoms with Gasteiger partial charge in [0.25, 0.3) is 0 Å². The maximum atomic E-state index is 14.2. The molecule has 8 heteroatoms. The van der Waals surface area contributed by atoms with Crippen molar-refractivity contribution >= 4 is 29.0 Å². The minimum Gasteiger partial charge on any atom is -0.480 e. The minimum atomic E-state index is -1.27. The molecule has 1 saturated carbocycles. The number of thiophene rings is 1. The van der Waals surface area contributed by atoms with Gasteiger partial charge in [-0.15, -0.1) is 11.3 Å². The van der Waals surface area contributed by atoms with Gasteiger partial charge in [-0.25, -0.2) is 4.79 Å². The Morgan fingerprint density at radius 3 is 1.95 bits per heavy atom. The summed E-state index contributed by atoms with van der Waals surface area (Å²) in [6, 6.07) is 18.8. The van der Waals surface area contributed by atoms with Crippen LogP contribution in [0.15, 0.2) is 66.0 Å². The van der Waals surface area contributed by atoms with Gasteiger partial charge in [-0.3, -0.25) is 9.59 Å². The lowest BCUT2D eigenvalue weighted by Gasteiger charge is -2.32. The highest BCUT2D eigenvalue weighted by Crippen LogP contribution is 2.52. The second-order valence-corrected chi connectivity index (χ2v) is 10.8. The topological polar surface area (TPSA) is 122 Å². The van der Waals surface area contributed by atoms with E-state index in [4.69, 9.17) is 0 Å². The Morgan fingerprint density at radius 2 is 1.45 bits per heavy atom. The molecule has 1 N–H and O–H groups in total. The van der Waals surface area contributed by atoms with Gasteiger partial charge in [-0.1, -0.05) is 43.2 Å². The Morgan fingerprint density at radius 1 is 0.868 bits per heavy atom. The minimum absolute atomic E-state index is 0.225. The van der Waals surface area contributed by atoms with E-state index in [2.05, 4.69) is 12.1 Å². The largest absolute Gasteiger partial charge is 0.480 e. The van der Waals surface area contributed by atoms with Crippen LogP contribution in [-0.4, -0.2) is 33.7 Å². The number of carboxylic acids is 1. The average Bonchev–Trinajstić information content (AvgIpc) is 3.72. The van der Waals surface area contributed by atoms with Gasteiger partial charge in [0.05, 0.1) is 40.1 Å². The van der Waals surface area contributed by atoms with Crippen molar-refractivity contribution < 1.29 is 19.5 Å². The van der Waals surface area contributed by atoms with E-state index in [1.807, 2.05) is 0 Å². The third-order valence-electron chi connectivity index (χ3n) is 7.75. The molecule has 1 aliphatic heterocycles. The Kier molecular flexibility index (Phi) is 7.09. The number of ketones is 1. The first-order valence-corrected chi connectivity index (χ1v) is 13.5. The van der Waals surface area contributed by atoms with Crippen molar-refractivity contribution in [2.24, 2.45) is 11.8 Å². The molecule has 3 aromatic rings. The zero-order valence-corrected chi connectivity index (χ0v) is 21.3. The molecule has 2 heterocycles. The molecule has 0 spiro atoms. The maximum absolute atomic E-state index is 14.2. The number of carbonyl (C=O) groups is 3. The van der Waals surface area contributed by atoms with Crippen LogP contribution in [0, 0.1) is 34.5 Å². The Hall–Kier alpha value is -4.27. The van der Waals surface area contributed by atoms with E-state index in [1.165, 1.54) is 16.2 Å². The Bertz CT molecular complexity index is 1430. The first kappa shape index (κ1) is 25.4. The highest BCUT2D eigenvalue weighted by Gasteiger charge is 2.58. The number of nitrogens with zero attached hydrogens (tertiary/aromatic N) is 3. The number of amides is 1. The van der Waals surface area contributed by atoms with Gasteiger partial charge in [-0.2, -0.15) is 10.5 Å². The molecular formula is C30H25N3O4S. The number of Topliss-reactive ketones (excluding diaryl/α,β-unsaturated/α-hetero) is 1. The SMILES string of the molecule is N#Cc1ccc(C2C(C(=O)c3cccs3)C(c3ccc(C#N)cc3)N(C(=O)C3CCCC3)C2C(=O)O)cc1. The predicted molar refractivity (Wildman–Crippen MR) is 140 cm³/mol. The number of carboxylic acid groups (broad SMARTS) is 1. The highest BCUT2D eigenvalue weighted by atomic mass is 32.1. The smallest absolute Gasteiger partial charge is 0.327 e. The second-order valence-electron chi connectivity index (χ2n) is 9.82. The van der Waals surface area contributed by atoms with Crippen LogP contribution >= 0.6 is 11.3 Å². The molecular weight excluding hydrogens is 498 g/mol. The molecule has 1 aliphatic carbocycles. The lowest BCUT2D eigenvalue weighted by Crippen LogP contribution is -2.46. The quantitative estimate of drug-likeness (QED) is 0.438. The van der Waals surface area contributed by atoms with E-state index in [1.54, 1.807) is 66.0 Å². The number of aliphatic carboxylic acids is 1. The molecule has 2 fully saturated rings. The predicted octanol–water partition coefficient (Wildman–Crippen LogP) is 5.30. The number of nitriles is 2. The van der Waals surface area contributed by atoms with Crippen LogP contribution in [0.4, 0.5) is 0 Å². The van der Waals surface area contributed by atoms with Crippen molar-refractivity contribution in [2.45, 2.75) is 43.7 Å². The van der Waals surface area contributed by atoms with Crippen molar-refractivity contribution in [1.29, 1.82) is 10.5 Å². The molecule has 1 aromatic heterocycles. The van der Waals surface area contributed by atoms with Crippen LogP contribution < -0.4 is 0 Å². The first-order valence-electron chi connectivity index (χ1n) is 12.6. The molecule has 38 heavy (non-hydrogen) atoms. The highest BCUT2D eigenvalue weighted by molar-refractivity contribution is 7.12. The standard InChI is InChI=1S/C30H25N3O4S/c31-16-18-7-11-20(12-8-18)24-25(28(34)23-6-3-15-38-23)26(21-13-9-19(17-32)10-14-21)33(27(24)30(36)37)29(35)22-4-1-2-5-22/h3,6-15,22,24-27H,1-2,4-5H2,(H,36,37). The summed E-state index contributed by atoms with van der Waals surface area (Å²) in [5.74, 6) is -3.65. The summed E-state index contributed by atoms with van der Waals surface area (Å²) in [5, 5.41) is 31.0. The lowest BCUT2D eigenvalue weighted by molar-refractivity contribution is -0.152. The molecule has 1 amide bonds. The van der Waals surface area contributed by atoms with Crippen LogP contribution in [-0.2, 0) is 9.59 Å². The van der Waals surface area contributed by atoms with Crippen molar-refractivity contribution in [3.63, 3.8) is 0 Å². The van der Waals surface area contributed by atoms with Gasteiger partial charge in [0.2, 0.25) is 5.91 Å². The van der Waals surface area contributed by atoms with E-state index >= 15 is 0 Å². The van der Waals surface area contributed by atoms with E-state index in [0.717, 1.165) is 12.8 Å². The number of rotatable bonds is 6. The van der Waals surface area contributed by atoms with E-state index in [0.29, 0.717) is 40.0 Å². The molecule has 5 rings (SSSR count). The van der Waals surface area contributed by atoms with Crippen molar-refractivity contribution in [1.82, 2.24) is 4.90 Å². The molecule has 7 nitrogen and oxygen atoms in total. The molecule has 190 valence electrons. The van der Waals surface area contributed by atoms with Gasteiger partial charge >= 0.3 is 5.97 Å². The normalized spacial score (nSPS) is 23.1. The van der Waals surface area contributed by atoms with Gasteiger partial charge in [0.15, 0.2) is 5.78 Å². The van der Waals surface area contributed by atoms with Gasteiger partial charge in [-0.05, 0) is 59.7 Å². The van der Waals surface area contributed by atoms with Crippen LogP contribution in [0.5, 0.6) is 0 Å². The third kappa shape index (κ3) is 4.49. The average molecular weight is 524 g/mol. The Balaban J connectivity index is 1.73. The molecule has 2 aliphatic rings. The Labute approximate surface area is 224 Å². The fraction of sp³-hybridized carbons (Fsp3) is 0.300. The summed E-state index contributed by atoms with van der Waals surface area (Å²) >= 11 is 1.28. The summed E-state index contributed by atoms with van der Waals surface area (Å²) in [4.78, 5) is 43.1.